The fourth-order valence-corrected chi connectivity index (χ4v) is 3.79. The molecular weight excluding hydrogens is 370 g/mol. The van der Waals surface area contributed by atoms with E-state index in [1.54, 1.807) is 24.6 Å². The van der Waals surface area contributed by atoms with Gasteiger partial charge in [0.2, 0.25) is 5.88 Å². The van der Waals surface area contributed by atoms with Crippen molar-refractivity contribution in [1.29, 1.82) is 0 Å². The maximum Gasteiger partial charge on any atom is 0.345 e. The van der Waals surface area contributed by atoms with E-state index in [1.165, 1.54) is 5.56 Å². The molecule has 0 fully saturated rings. The molecule has 0 saturated carbocycles. The van der Waals surface area contributed by atoms with E-state index < -0.39 is 5.97 Å². The van der Waals surface area contributed by atoms with Crippen molar-refractivity contribution < 1.29 is 19.4 Å². The molecule has 0 amide bonds. The number of hydrogen-bond donors (Lipinski definition) is 2. The first kappa shape index (κ1) is 17.2. The van der Waals surface area contributed by atoms with E-state index in [0.717, 1.165) is 17.5 Å². The van der Waals surface area contributed by atoms with Crippen LogP contribution in [0.4, 0.5) is 11.7 Å². The minimum absolute atomic E-state index is 0.0920. The second kappa shape index (κ2) is 6.63. The highest BCUT2D eigenvalue weighted by molar-refractivity contribution is 6.21. The summed E-state index contributed by atoms with van der Waals surface area (Å²) in [5.41, 5.74) is 3.63. The van der Waals surface area contributed by atoms with E-state index in [1.807, 2.05) is 29.2 Å². The van der Waals surface area contributed by atoms with Crippen LogP contribution in [0.2, 0.25) is 0 Å². The van der Waals surface area contributed by atoms with Crippen molar-refractivity contribution in [1.82, 2.24) is 4.98 Å². The molecule has 4 heterocycles. The van der Waals surface area contributed by atoms with Crippen LogP contribution in [0.1, 0.15) is 32.8 Å². The zero-order chi connectivity index (χ0) is 20.0. The second-order valence-electron chi connectivity index (χ2n) is 6.97. The SMILES string of the molecule is O=C(O)c1c(N2CCc3ccccc3C2)oc(C=C2C=Nc3ncccc32)c1O. The quantitative estimate of drug-likeness (QED) is 0.707. The zero-order valence-corrected chi connectivity index (χ0v) is 15.4. The Balaban J connectivity index is 1.56. The first-order chi connectivity index (χ1) is 14.1. The van der Waals surface area contributed by atoms with Crippen molar-refractivity contribution in [2.24, 2.45) is 4.99 Å². The molecule has 2 N–H and O–H groups in total. The molecule has 0 unspecified atom stereocenters. The van der Waals surface area contributed by atoms with Crippen LogP contribution in [0.3, 0.4) is 0 Å². The number of hydrogen-bond acceptors (Lipinski definition) is 6. The standard InChI is InChI=1S/C22H17N3O4/c26-19-17(10-15-11-24-20-16(15)6-3-8-23-20)29-21(18(19)22(27)28)25-9-7-13-4-1-2-5-14(13)12-25/h1-6,8,10-11,26H,7,9,12H2,(H,27,28). The molecule has 7 nitrogen and oxygen atoms in total. The molecule has 2 aliphatic heterocycles. The molecule has 0 aliphatic carbocycles. The molecule has 144 valence electrons. The van der Waals surface area contributed by atoms with Gasteiger partial charge in [-0.05, 0) is 35.8 Å². The van der Waals surface area contributed by atoms with E-state index in [-0.39, 0.29) is 23.0 Å². The maximum absolute atomic E-state index is 11.9. The van der Waals surface area contributed by atoms with Crippen LogP contribution in [0.15, 0.2) is 52.0 Å². The number of nitrogens with zero attached hydrogens (tertiary/aromatic N) is 3. The number of aromatic nitrogens is 1. The summed E-state index contributed by atoms with van der Waals surface area (Å²) < 4.78 is 5.87. The van der Waals surface area contributed by atoms with Crippen LogP contribution in [0.25, 0.3) is 11.6 Å². The minimum atomic E-state index is -1.23. The monoisotopic (exact) mass is 387 g/mol. The molecule has 1 aromatic carbocycles. The van der Waals surface area contributed by atoms with Crippen LogP contribution >= 0.6 is 0 Å². The average molecular weight is 387 g/mol. The van der Waals surface area contributed by atoms with E-state index in [0.29, 0.717) is 24.5 Å². The van der Waals surface area contributed by atoms with Crippen molar-refractivity contribution in [3.05, 3.63) is 70.6 Å². The molecule has 29 heavy (non-hydrogen) atoms. The Bertz CT molecular complexity index is 1190. The van der Waals surface area contributed by atoms with Crippen LogP contribution in [0.5, 0.6) is 5.75 Å². The summed E-state index contributed by atoms with van der Waals surface area (Å²) in [7, 11) is 0. The molecule has 5 rings (SSSR count). The second-order valence-corrected chi connectivity index (χ2v) is 6.97. The van der Waals surface area contributed by atoms with Gasteiger partial charge < -0.3 is 19.5 Å². The van der Waals surface area contributed by atoms with E-state index in [2.05, 4.69) is 16.0 Å². The Kier molecular flexibility index (Phi) is 3.94. The zero-order valence-electron chi connectivity index (χ0n) is 15.4. The lowest BCUT2D eigenvalue weighted by molar-refractivity contribution is 0.0694. The van der Waals surface area contributed by atoms with Crippen molar-refractivity contribution >= 4 is 35.5 Å². The van der Waals surface area contributed by atoms with Gasteiger partial charge in [0.15, 0.2) is 22.9 Å². The summed E-state index contributed by atoms with van der Waals surface area (Å²) in [6.45, 7) is 1.13. The Hall–Kier alpha value is -3.87. The van der Waals surface area contributed by atoms with Crippen LogP contribution in [-0.2, 0) is 13.0 Å². The van der Waals surface area contributed by atoms with Crippen molar-refractivity contribution in [2.75, 3.05) is 11.4 Å². The van der Waals surface area contributed by atoms with Gasteiger partial charge in [-0.2, -0.15) is 0 Å². The van der Waals surface area contributed by atoms with Gasteiger partial charge in [-0.25, -0.2) is 14.8 Å². The molecule has 0 spiro atoms. The number of rotatable bonds is 3. The van der Waals surface area contributed by atoms with Gasteiger partial charge in [-0.1, -0.05) is 24.3 Å². The lowest BCUT2D eigenvalue weighted by atomic mass is 10.00. The molecular formula is C22H17N3O4. The number of fused-ring (bicyclic) bond motifs is 2. The number of aromatic hydroxyl groups is 1. The highest BCUT2D eigenvalue weighted by atomic mass is 16.4. The maximum atomic E-state index is 11.9. The number of aromatic carboxylic acids is 1. The van der Waals surface area contributed by atoms with Gasteiger partial charge in [0.25, 0.3) is 0 Å². The molecule has 7 heteroatoms. The average Bonchev–Trinajstić information content (AvgIpc) is 3.29. The number of furan rings is 1. The third-order valence-electron chi connectivity index (χ3n) is 5.23. The summed E-state index contributed by atoms with van der Waals surface area (Å²) in [5.74, 6) is -0.778. The first-order valence-electron chi connectivity index (χ1n) is 9.24. The largest absolute Gasteiger partial charge is 0.504 e. The van der Waals surface area contributed by atoms with Crippen LogP contribution < -0.4 is 4.90 Å². The molecule has 0 radical (unpaired) electrons. The van der Waals surface area contributed by atoms with Gasteiger partial charge >= 0.3 is 5.97 Å². The smallest absolute Gasteiger partial charge is 0.345 e. The van der Waals surface area contributed by atoms with E-state index in [4.69, 9.17) is 4.42 Å². The molecule has 3 aromatic rings. The van der Waals surface area contributed by atoms with Gasteiger partial charge in [0, 0.05) is 36.6 Å². The van der Waals surface area contributed by atoms with Crippen molar-refractivity contribution in [2.45, 2.75) is 13.0 Å². The number of aliphatic imine (C=N–C) groups is 1. The van der Waals surface area contributed by atoms with Gasteiger partial charge in [-0.3, -0.25) is 0 Å². The van der Waals surface area contributed by atoms with Gasteiger partial charge in [0.05, 0.1) is 0 Å². The van der Waals surface area contributed by atoms with Gasteiger partial charge in [-0.15, -0.1) is 0 Å². The highest BCUT2D eigenvalue weighted by Gasteiger charge is 2.30. The lowest BCUT2D eigenvalue weighted by Crippen LogP contribution is -2.31. The summed E-state index contributed by atoms with van der Waals surface area (Å²) in [6.07, 6.45) is 5.65. The van der Waals surface area contributed by atoms with Crippen molar-refractivity contribution in [3.8, 4) is 5.75 Å². The predicted molar refractivity (Wildman–Crippen MR) is 109 cm³/mol. The predicted octanol–water partition coefficient (Wildman–Crippen LogP) is 3.90. The summed E-state index contributed by atoms with van der Waals surface area (Å²) in [6, 6.07) is 11.7. The number of pyridine rings is 1. The van der Waals surface area contributed by atoms with E-state index in [9.17, 15) is 15.0 Å². The Morgan fingerprint density at radius 1 is 1.17 bits per heavy atom. The summed E-state index contributed by atoms with van der Waals surface area (Å²) in [5, 5.41) is 20.3. The topological polar surface area (TPSA) is 99.2 Å². The lowest BCUT2D eigenvalue weighted by Gasteiger charge is -2.28. The van der Waals surface area contributed by atoms with Crippen LogP contribution in [-0.4, -0.2) is 33.9 Å². The number of anilines is 1. The minimum Gasteiger partial charge on any atom is -0.504 e. The molecule has 2 aliphatic rings. The Labute approximate surface area is 166 Å². The molecule has 0 bridgehead atoms. The fraction of sp³-hybridized carbons (Fsp3) is 0.136. The number of benzene rings is 1. The third-order valence-corrected chi connectivity index (χ3v) is 5.23. The molecule has 0 atom stereocenters. The van der Waals surface area contributed by atoms with E-state index >= 15 is 0 Å². The number of carbonyl (C=O) groups is 1. The van der Waals surface area contributed by atoms with Crippen LogP contribution in [0, 0.1) is 0 Å². The fourth-order valence-electron chi connectivity index (χ4n) is 3.79. The molecule has 2 aromatic heterocycles. The van der Waals surface area contributed by atoms with Crippen molar-refractivity contribution in [3.63, 3.8) is 0 Å². The number of carboxylic acid groups (broad SMARTS) is 1. The Morgan fingerprint density at radius 2 is 2.00 bits per heavy atom. The van der Waals surface area contributed by atoms with Gasteiger partial charge in [0.1, 0.15) is 0 Å². The number of allylic oxidation sites excluding steroid dienone is 1. The normalized spacial score (nSPS) is 16.1. The number of carboxylic acids is 1. The first-order valence-corrected chi connectivity index (χ1v) is 9.24. The highest BCUT2D eigenvalue weighted by Crippen LogP contribution is 2.40. The molecule has 0 saturated heterocycles. The Morgan fingerprint density at radius 3 is 2.83 bits per heavy atom. The third kappa shape index (κ3) is 2.87. The summed E-state index contributed by atoms with van der Waals surface area (Å²) >= 11 is 0. The summed E-state index contributed by atoms with van der Waals surface area (Å²) in [4.78, 5) is 22.1.